The van der Waals surface area contributed by atoms with Gasteiger partial charge in [-0.2, -0.15) is 0 Å². The minimum Gasteiger partial charge on any atom is -0.377 e. The zero-order valence-electron chi connectivity index (χ0n) is 16.0. The van der Waals surface area contributed by atoms with Crippen LogP contribution in [0.15, 0.2) is 4.99 Å². The molecule has 4 rings (SSSR count). The van der Waals surface area contributed by atoms with E-state index >= 15 is 0 Å². The van der Waals surface area contributed by atoms with E-state index in [1.807, 2.05) is 0 Å². The molecule has 7 heteroatoms. The number of rotatable bonds is 4. The van der Waals surface area contributed by atoms with E-state index in [1.165, 1.54) is 25.7 Å². The maximum Gasteiger partial charge on any atom is 0.191 e. The van der Waals surface area contributed by atoms with Crippen LogP contribution in [0.4, 0.5) is 0 Å². The molecule has 0 bridgehead atoms. The van der Waals surface area contributed by atoms with E-state index < -0.39 is 9.84 Å². The van der Waals surface area contributed by atoms with Crippen LogP contribution in [0, 0.1) is 17.3 Å². The smallest absolute Gasteiger partial charge is 0.191 e. The Morgan fingerprint density at radius 3 is 2.69 bits per heavy atom. The van der Waals surface area contributed by atoms with Crippen LogP contribution in [0.3, 0.4) is 0 Å². The van der Waals surface area contributed by atoms with Gasteiger partial charge in [-0.25, -0.2) is 8.42 Å². The van der Waals surface area contributed by atoms with E-state index in [1.54, 1.807) is 0 Å². The number of nitrogens with one attached hydrogen (secondary N) is 2. The first-order valence-corrected chi connectivity index (χ1v) is 12.1. The van der Waals surface area contributed by atoms with Crippen molar-refractivity contribution in [2.24, 2.45) is 22.2 Å². The second-order valence-electron chi connectivity index (χ2n) is 9.06. The van der Waals surface area contributed by atoms with Gasteiger partial charge >= 0.3 is 0 Å². The fourth-order valence-electron chi connectivity index (χ4n) is 5.69. The lowest BCUT2D eigenvalue weighted by Crippen LogP contribution is -2.69. The molecule has 2 heterocycles. The summed E-state index contributed by atoms with van der Waals surface area (Å²) >= 11 is 0. The molecule has 4 unspecified atom stereocenters. The molecule has 26 heavy (non-hydrogen) atoms. The van der Waals surface area contributed by atoms with E-state index in [0.29, 0.717) is 36.4 Å². The molecule has 4 aliphatic rings. The van der Waals surface area contributed by atoms with Gasteiger partial charge in [0.15, 0.2) is 15.8 Å². The Morgan fingerprint density at radius 1 is 1.27 bits per heavy atom. The number of hydrogen-bond donors (Lipinski definition) is 2. The van der Waals surface area contributed by atoms with Crippen LogP contribution >= 0.6 is 0 Å². The minimum atomic E-state index is -2.84. The Balaban J connectivity index is 1.45. The molecule has 2 N–H and O–H groups in total. The quantitative estimate of drug-likeness (QED) is 0.571. The van der Waals surface area contributed by atoms with Crippen LogP contribution in [0.25, 0.3) is 0 Å². The molecule has 2 aliphatic carbocycles. The van der Waals surface area contributed by atoms with Crippen molar-refractivity contribution >= 4 is 15.8 Å². The van der Waals surface area contributed by atoms with E-state index in [2.05, 4.69) is 24.5 Å². The highest BCUT2D eigenvalue weighted by Gasteiger charge is 2.65. The van der Waals surface area contributed by atoms with Gasteiger partial charge in [-0.3, -0.25) is 4.99 Å². The standard InChI is InChI=1S/C19H33N3O3S/c1-13(2)21-18(20-11-14-6-10-26(23,24)12-14)22-16-15-5-9-25-17(15)19(16)7-3-4-8-19/h13-17H,3-12H2,1-2H3,(H2,20,21,22). The van der Waals surface area contributed by atoms with Crippen molar-refractivity contribution in [2.75, 3.05) is 24.7 Å². The summed E-state index contributed by atoms with van der Waals surface area (Å²) in [4.78, 5) is 4.79. The molecule has 2 saturated heterocycles. The highest BCUT2D eigenvalue weighted by atomic mass is 32.2. The Kier molecular flexibility index (Phi) is 4.97. The third-order valence-electron chi connectivity index (χ3n) is 6.84. The van der Waals surface area contributed by atoms with Crippen LogP contribution < -0.4 is 10.6 Å². The second kappa shape index (κ2) is 6.97. The summed E-state index contributed by atoms with van der Waals surface area (Å²) in [6, 6.07) is 0.735. The Hall–Kier alpha value is -0.820. The molecule has 4 atom stereocenters. The zero-order valence-corrected chi connectivity index (χ0v) is 16.9. The van der Waals surface area contributed by atoms with Crippen molar-refractivity contribution in [1.29, 1.82) is 0 Å². The molecular formula is C19H33N3O3S. The Labute approximate surface area is 157 Å². The van der Waals surface area contributed by atoms with Gasteiger partial charge in [-0.15, -0.1) is 0 Å². The van der Waals surface area contributed by atoms with Crippen LogP contribution in [-0.4, -0.2) is 57.2 Å². The lowest BCUT2D eigenvalue weighted by atomic mass is 9.54. The van der Waals surface area contributed by atoms with Crippen LogP contribution in [0.2, 0.25) is 0 Å². The first-order chi connectivity index (χ1) is 12.4. The van der Waals surface area contributed by atoms with Gasteiger partial charge in [-0.1, -0.05) is 12.8 Å². The summed E-state index contributed by atoms with van der Waals surface area (Å²) < 4.78 is 29.5. The lowest BCUT2D eigenvalue weighted by molar-refractivity contribution is -0.125. The SMILES string of the molecule is CC(C)NC(=NCC1CCS(=O)(=O)C1)NC1C2CCOC2C12CCCC2. The van der Waals surface area contributed by atoms with Gasteiger partial charge in [0.2, 0.25) is 0 Å². The second-order valence-corrected chi connectivity index (χ2v) is 11.3. The fourth-order valence-corrected chi connectivity index (χ4v) is 7.54. The topological polar surface area (TPSA) is 79.8 Å². The third-order valence-corrected chi connectivity index (χ3v) is 8.68. The first-order valence-electron chi connectivity index (χ1n) is 10.3. The minimum absolute atomic E-state index is 0.162. The molecule has 0 amide bonds. The van der Waals surface area contributed by atoms with Gasteiger partial charge in [0.1, 0.15) is 0 Å². The summed E-state index contributed by atoms with van der Waals surface area (Å²) in [7, 11) is -2.84. The zero-order chi connectivity index (χ0) is 18.4. The van der Waals surface area contributed by atoms with Crippen molar-refractivity contribution in [3.05, 3.63) is 0 Å². The van der Waals surface area contributed by atoms with Crippen molar-refractivity contribution in [3.8, 4) is 0 Å². The van der Waals surface area contributed by atoms with Gasteiger partial charge in [0, 0.05) is 36.6 Å². The van der Waals surface area contributed by atoms with Crippen molar-refractivity contribution in [3.63, 3.8) is 0 Å². The number of aliphatic imine (C=N–C) groups is 1. The number of fused-ring (bicyclic) bond motifs is 2. The average molecular weight is 384 g/mol. The molecule has 2 saturated carbocycles. The number of hydrogen-bond acceptors (Lipinski definition) is 4. The molecule has 4 fully saturated rings. The summed E-state index contributed by atoms with van der Waals surface area (Å²) in [6.45, 7) is 5.71. The largest absolute Gasteiger partial charge is 0.377 e. The predicted molar refractivity (Wildman–Crippen MR) is 103 cm³/mol. The number of guanidine groups is 1. The molecule has 2 aliphatic heterocycles. The van der Waals surface area contributed by atoms with Crippen LogP contribution in [-0.2, 0) is 14.6 Å². The van der Waals surface area contributed by atoms with Crippen LogP contribution in [0.5, 0.6) is 0 Å². The molecule has 148 valence electrons. The number of nitrogens with zero attached hydrogens (tertiary/aromatic N) is 1. The third kappa shape index (κ3) is 3.37. The monoisotopic (exact) mass is 383 g/mol. The number of ether oxygens (including phenoxy) is 1. The molecule has 6 nitrogen and oxygen atoms in total. The van der Waals surface area contributed by atoms with Gasteiger partial charge in [-0.05, 0) is 45.4 Å². The van der Waals surface area contributed by atoms with Gasteiger partial charge in [0.25, 0.3) is 0 Å². The Bertz CT molecular complexity index is 655. The molecule has 0 aromatic carbocycles. The van der Waals surface area contributed by atoms with Crippen molar-refractivity contribution < 1.29 is 13.2 Å². The number of sulfone groups is 1. The summed E-state index contributed by atoms with van der Waals surface area (Å²) in [5, 5.41) is 7.20. The van der Waals surface area contributed by atoms with E-state index in [4.69, 9.17) is 9.73 Å². The lowest BCUT2D eigenvalue weighted by Gasteiger charge is -2.57. The fraction of sp³-hybridized carbons (Fsp3) is 0.947. The summed E-state index contributed by atoms with van der Waals surface area (Å²) in [5.41, 5.74) is 0.289. The molecule has 0 aromatic heterocycles. The molecule has 0 aromatic rings. The summed E-state index contributed by atoms with van der Waals surface area (Å²) in [5.74, 6) is 2.22. The highest BCUT2D eigenvalue weighted by Crippen LogP contribution is 2.60. The van der Waals surface area contributed by atoms with Crippen molar-refractivity contribution in [2.45, 2.75) is 70.6 Å². The molecule has 0 radical (unpaired) electrons. The maximum atomic E-state index is 11.7. The average Bonchev–Trinajstić information content (AvgIpc) is 3.28. The van der Waals surface area contributed by atoms with Gasteiger partial charge < -0.3 is 15.4 Å². The normalized spacial score (nSPS) is 37.7. The predicted octanol–water partition coefficient (Wildman–Crippen LogP) is 1.71. The van der Waals surface area contributed by atoms with Gasteiger partial charge in [0.05, 0.1) is 17.6 Å². The molecule has 1 spiro atoms. The van der Waals surface area contributed by atoms with Crippen molar-refractivity contribution in [1.82, 2.24) is 10.6 Å². The Morgan fingerprint density at radius 2 is 2.04 bits per heavy atom. The van der Waals surface area contributed by atoms with E-state index in [9.17, 15) is 8.42 Å². The first kappa shape index (κ1) is 18.5. The molecular weight excluding hydrogens is 350 g/mol. The summed E-state index contributed by atoms with van der Waals surface area (Å²) in [6.07, 6.45) is 7.42. The van der Waals surface area contributed by atoms with E-state index in [0.717, 1.165) is 25.4 Å². The maximum absolute atomic E-state index is 11.7. The van der Waals surface area contributed by atoms with Crippen LogP contribution in [0.1, 0.15) is 52.4 Å². The highest BCUT2D eigenvalue weighted by molar-refractivity contribution is 7.91. The van der Waals surface area contributed by atoms with E-state index in [-0.39, 0.29) is 17.1 Å².